The third-order valence-electron chi connectivity index (χ3n) is 10.7. The van der Waals surface area contributed by atoms with Crippen molar-refractivity contribution in [3.63, 3.8) is 0 Å². The number of rotatable bonds is 17. The van der Waals surface area contributed by atoms with Crippen LogP contribution in [0, 0.1) is 0 Å². The minimum Gasteiger partial charge on any atom is -0.478 e. The second-order valence-electron chi connectivity index (χ2n) is 14.5. The topological polar surface area (TPSA) is 131 Å². The molecule has 0 unspecified atom stereocenters. The summed E-state index contributed by atoms with van der Waals surface area (Å²) in [4.78, 5) is 51.2. The summed E-state index contributed by atoms with van der Waals surface area (Å²) in [6.45, 7) is 6.63. The number of carbonyl (C=O) groups is 3. The third kappa shape index (κ3) is 8.43. The number of H-pyrrole nitrogens is 3. The molecule has 0 radical (unpaired) electrons. The van der Waals surface area contributed by atoms with E-state index in [1.165, 1.54) is 37.0 Å². The number of Topliss-reactive ketones (excluding diaryl/α,β-unsaturated/α-hetero) is 2. The van der Waals surface area contributed by atoms with Crippen LogP contribution in [0.5, 0.6) is 0 Å². The standard InChI is InChI=1S/C45H54N4O4/c1-4-7-10-13-16-31-34-23-24-35(46-34)32(17-14-11-8-5-2)37-27-28-39(48-37)40(29-19-21-30(22-20-29)45(52)53)42-44(51)43(50)41(49-42)33(18-15-12-9-6-3)38-26-25-36(31)47-38/h19-28,46-49H,4-18H2,1-3H3,(H,52,53). The number of allylic oxidation sites excluding steroid dienone is 3. The Labute approximate surface area is 312 Å². The van der Waals surface area contributed by atoms with E-state index in [9.17, 15) is 19.5 Å². The van der Waals surface area contributed by atoms with Crippen molar-refractivity contribution < 1.29 is 19.5 Å². The van der Waals surface area contributed by atoms with E-state index in [1.807, 2.05) is 6.07 Å². The molecule has 0 amide bonds. The molecule has 278 valence electrons. The summed E-state index contributed by atoms with van der Waals surface area (Å²) in [5, 5.41) is 15.1. The first-order valence-electron chi connectivity index (χ1n) is 19.8. The maximum Gasteiger partial charge on any atom is 0.335 e. The first-order chi connectivity index (χ1) is 25.8. The van der Waals surface area contributed by atoms with E-state index in [2.05, 4.69) is 71.4 Å². The number of nitrogens with one attached hydrogen (secondary N) is 4. The Morgan fingerprint density at radius 1 is 0.509 bits per heavy atom. The van der Waals surface area contributed by atoms with Crippen LogP contribution in [-0.2, 0) is 9.59 Å². The van der Waals surface area contributed by atoms with E-state index in [0.717, 1.165) is 110 Å². The number of unbranched alkanes of at least 4 members (excludes halogenated alkanes) is 9. The van der Waals surface area contributed by atoms with E-state index in [-0.39, 0.29) is 11.3 Å². The molecule has 5 N–H and O–H groups in total. The van der Waals surface area contributed by atoms with Crippen LogP contribution in [0.25, 0.3) is 22.3 Å². The smallest absolute Gasteiger partial charge is 0.335 e. The van der Waals surface area contributed by atoms with Gasteiger partial charge < -0.3 is 25.4 Å². The zero-order chi connectivity index (χ0) is 37.3. The third-order valence-corrected chi connectivity index (χ3v) is 10.7. The number of hydrogen-bond acceptors (Lipinski definition) is 4. The molecule has 8 nitrogen and oxygen atoms in total. The molecule has 1 fully saturated rings. The molecule has 4 aromatic rings. The Morgan fingerprint density at radius 2 is 0.962 bits per heavy atom. The Balaban J connectivity index is 1.61. The van der Waals surface area contributed by atoms with Gasteiger partial charge in [-0.25, -0.2) is 4.79 Å². The SMILES string of the molecule is CCCCCCC1=C2NC(=C(c3ccc(C(=O)O)cc3)c3ccc([nH]3)C(CCCCCC)=c3ccc([nH]3)=C(CCCCCC)c3ccc1[nH]3)C(=O)C2=O. The van der Waals surface area contributed by atoms with Crippen molar-refractivity contribution in [3.05, 3.63) is 117 Å². The highest BCUT2D eigenvalue weighted by Gasteiger charge is 2.37. The quantitative estimate of drug-likeness (QED) is 0.0551. The summed E-state index contributed by atoms with van der Waals surface area (Å²) >= 11 is 0. The molecular formula is C45H54N4O4. The molecular weight excluding hydrogens is 661 g/mol. The molecule has 0 aliphatic carbocycles. The number of aromatic nitrogens is 3. The number of fused-ring (bicyclic) bond motifs is 8. The lowest BCUT2D eigenvalue weighted by Gasteiger charge is -2.13. The second-order valence-corrected chi connectivity index (χ2v) is 14.5. The fourth-order valence-electron chi connectivity index (χ4n) is 7.69. The van der Waals surface area contributed by atoms with Crippen LogP contribution < -0.4 is 16.0 Å². The maximum atomic E-state index is 14.1. The van der Waals surface area contributed by atoms with Crippen LogP contribution in [0.3, 0.4) is 0 Å². The summed E-state index contributed by atoms with van der Waals surface area (Å²) in [5.74, 6) is -2.19. The second kappa shape index (κ2) is 17.6. The van der Waals surface area contributed by atoms with Crippen molar-refractivity contribution >= 4 is 39.8 Å². The van der Waals surface area contributed by atoms with Gasteiger partial charge in [-0.1, -0.05) is 90.7 Å². The van der Waals surface area contributed by atoms with Gasteiger partial charge in [0.25, 0.3) is 11.6 Å². The van der Waals surface area contributed by atoms with Crippen molar-refractivity contribution in [2.24, 2.45) is 0 Å². The van der Waals surface area contributed by atoms with Gasteiger partial charge in [0.15, 0.2) is 0 Å². The first-order valence-corrected chi connectivity index (χ1v) is 19.8. The van der Waals surface area contributed by atoms with Gasteiger partial charge in [0.05, 0.1) is 11.3 Å². The minimum absolute atomic E-state index is 0.144. The number of hydrogen-bond donors (Lipinski definition) is 5. The highest BCUT2D eigenvalue weighted by molar-refractivity contribution is 6.54. The predicted molar refractivity (Wildman–Crippen MR) is 212 cm³/mol. The van der Waals surface area contributed by atoms with Crippen LogP contribution in [0.15, 0.2) is 72.1 Å². The van der Waals surface area contributed by atoms with E-state index in [1.54, 1.807) is 12.1 Å². The molecule has 3 aromatic heterocycles. The van der Waals surface area contributed by atoms with Gasteiger partial charge in [-0.15, -0.1) is 0 Å². The molecule has 1 aromatic carbocycles. The number of ketones is 2. The summed E-state index contributed by atoms with van der Waals surface area (Å²) in [6.07, 6.45) is 15.6. The predicted octanol–water partition coefficient (Wildman–Crippen LogP) is 8.90. The largest absolute Gasteiger partial charge is 0.478 e. The molecule has 1 saturated heterocycles. The molecule has 53 heavy (non-hydrogen) atoms. The highest BCUT2D eigenvalue weighted by Crippen LogP contribution is 2.35. The van der Waals surface area contributed by atoms with Gasteiger partial charge >= 0.3 is 5.97 Å². The highest BCUT2D eigenvalue weighted by atomic mass is 16.4. The molecule has 0 atom stereocenters. The van der Waals surface area contributed by atoms with Gasteiger partial charge in [-0.3, -0.25) is 9.59 Å². The molecule has 8 bridgehead atoms. The van der Waals surface area contributed by atoms with Crippen LogP contribution in [-0.4, -0.2) is 37.6 Å². The van der Waals surface area contributed by atoms with Gasteiger partial charge in [0, 0.05) is 44.6 Å². The van der Waals surface area contributed by atoms with Gasteiger partial charge in [-0.2, -0.15) is 0 Å². The lowest BCUT2D eigenvalue weighted by atomic mass is 9.97. The lowest BCUT2D eigenvalue weighted by molar-refractivity contribution is -0.130. The average molecular weight is 715 g/mol. The fraction of sp³-hybridized carbons (Fsp3) is 0.400. The summed E-state index contributed by atoms with van der Waals surface area (Å²) < 4.78 is 0. The van der Waals surface area contributed by atoms with E-state index < -0.39 is 17.5 Å². The van der Waals surface area contributed by atoms with Crippen molar-refractivity contribution in [1.82, 2.24) is 20.3 Å². The van der Waals surface area contributed by atoms with E-state index in [4.69, 9.17) is 0 Å². The Morgan fingerprint density at radius 3 is 1.47 bits per heavy atom. The number of aromatic carboxylic acids is 1. The number of aromatic amines is 3. The molecule has 2 aliphatic rings. The van der Waals surface area contributed by atoms with E-state index >= 15 is 0 Å². The monoisotopic (exact) mass is 714 g/mol. The normalized spacial score (nSPS) is 14.5. The number of carboxylic acid groups (broad SMARTS) is 1. The molecule has 2 aliphatic heterocycles. The minimum atomic E-state index is -1.03. The molecule has 0 saturated carbocycles. The Kier molecular flexibility index (Phi) is 12.5. The first kappa shape index (κ1) is 37.6. The Bertz CT molecular complexity index is 2140. The number of benzene rings is 1. The van der Waals surface area contributed by atoms with E-state index in [0.29, 0.717) is 28.9 Å². The van der Waals surface area contributed by atoms with Crippen molar-refractivity contribution in [2.75, 3.05) is 0 Å². The van der Waals surface area contributed by atoms with Crippen LogP contribution in [0.1, 0.15) is 156 Å². The molecule has 0 spiro atoms. The molecule has 6 rings (SSSR count). The zero-order valence-corrected chi connectivity index (χ0v) is 31.6. The lowest BCUT2D eigenvalue weighted by Crippen LogP contribution is -2.17. The van der Waals surface area contributed by atoms with Crippen LogP contribution in [0.2, 0.25) is 0 Å². The molecule has 8 heteroatoms. The molecule has 5 heterocycles. The maximum absolute atomic E-state index is 14.1. The summed E-state index contributed by atoms with van der Waals surface area (Å²) in [5.41, 5.74) is 8.46. The number of carboxylic acids is 1. The van der Waals surface area contributed by atoms with Crippen molar-refractivity contribution in [3.8, 4) is 0 Å². The average Bonchev–Trinajstić information content (AvgIpc) is 3.99. The Hall–Kier alpha value is -5.11. The van der Waals surface area contributed by atoms with Crippen molar-refractivity contribution in [2.45, 2.75) is 117 Å². The van der Waals surface area contributed by atoms with Crippen LogP contribution in [0.4, 0.5) is 0 Å². The number of carbonyl (C=O) groups excluding carboxylic acids is 2. The van der Waals surface area contributed by atoms with Crippen molar-refractivity contribution in [1.29, 1.82) is 0 Å². The van der Waals surface area contributed by atoms with Gasteiger partial charge in [0.2, 0.25) is 0 Å². The van der Waals surface area contributed by atoms with Crippen LogP contribution >= 0.6 is 0 Å². The van der Waals surface area contributed by atoms with Gasteiger partial charge in [-0.05, 0) is 104 Å². The summed E-state index contributed by atoms with van der Waals surface area (Å²) in [6, 6.07) is 19.1. The fourth-order valence-corrected chi connectivity index (χ4v) is 7.69. The zero-order valence-electron chi connectivity index (χ0n) is 31.6. The summed E-state index contributed by atoms with van der Waals surface area (Å²) in [7, 11) is 0. The van der Waals surface area contributed by atoms with Gasteiger partial charge in [0.1, 0.15) is 5.70 Å².